The fourth-order valence-electron chi connectivity index (χ4n) is 8.24. The van der Waals surface area contributed by atoms with E-state index in [1.165, 1.54) is 23.5 Å². The van der Waals surface area contributed by atoms with Crippen molar-refractivity contribution in [2.24, 2.45) is 17.3 Å². The van der Waals surface area contributed by atoms with E-state index in [2.05, 4.69) is 29.9 Å². The Morgan fingerprint density at radius 1 is 1.06 bits per heavy atom. The Bertz CT molecular complexity index is 2150. The topological polar surface area (TPSA) is 294 Å². The summed E-state index contributed by atoms with van der Waals surface area (Å²) in [6.07, 6.45) is 0.246. The van der Waals surface area contributed by atoms with E-state index in [1.807, 2.05) is 0 Å². The van der Waals surface area contributed by atoms with Crippen molar-refractivity contribution in [1.29, 1.82) is 0 Å². The normalized spacial score (nSPS) is 43.0. The van der Waals surface area contributed by atoms with E-state index in [1.54, 1.807) is 18.4 Å². The van der Waals surface area contributed by atoms with Crippen LogP contribution in [-0.2, 0) is 40.0 Å². The van der Waals surface area contributed by atoms with Gasteiger partial charge in [0, 0.05) is 17.3 Å². The predicted molar refractivity (Wildman–Crippen MR) is 168 cm³/mol. The monoisotopic (exact) mass is 726 g/mol. The summed E-state index contributed by atoms with van der Waals surface area (Å²) in [6.45, 7) is -1.54. The maximum atomic E-state index is 13.7. The Morgan fingerprint density at radius 2 is 1.81 bits per heavy atom. The number of aliphatic hydroxyl groups is 2. The fourth-order valence-corrected chi connectivity index (χ4v) is 11.0. The lowest BCUT2D eigenvalue weighted by Crippen LogP contribution is -2.43. The van der Waals surface area contributed by atoms with Crippen molar-refractivity contribution in [3.63, 3.8) is 0 Å². The van der Waals surface area contributed by atoms with E-state index in [-0.39, 0.29) is 42.4 Å². The van der Waals surface area contributed by atoms with Gasteiger partial charge in [-0.25, -0.2) is 24.5 Å². The summed E-state index contributed by atoms with van der Waals surface area (Å²) >= 11 is 5.40. The van der Waals surface area contributed by atoms with E-state index in [9.17, 15) is 29.4 Å². The van der Waals surface area contributed by atoms with Gasteiger partial charge >= 0.3 is 14.5 Å². The molecular formula is C25H32N10O10P2S. The summed E-state index contributed by atoms with van der Waals surface area (Å²) in [5, 5.41) is 23.5. The van der Waals surface area contributed by atoms with Crippen molar-refractivity contribution in [3.05, 3.63) is 29.3 Å². The van der Waals surface area contributed by atoms with E-state index >= 15 is 0 Å². The number of aromatic amines is 1. The molecule has 3 saturated carbocycles. The van der Waals surface area contributed by atoms with Crippen LogP contribution in [0.1, 0.15) is 32.7 Å². The van der Waals surface area contributed by atoms with Crippen molar-refractivity contribution in [2.45, 2.75) is 62.2 Å². The number of phosphoric acid groups is 1. The number of H-pyrrole nitrogens is 1. The van der Waals surface area contributed by atoms with Gasteiger partial charge in [0.05, 0.1) is 37.4 Å². The maximum Gasteiger partial charge on any atom is 0.472 e. The molecule has 9 N–H and O–H groups in total. The molecule has 0 bridgehead atoms. The number of aliphatic hydroxyl groups excluding tert-OH is 2. The molecule has 2 unspecified atom stereocenters. The van der Waals surface area contributed by atoms with Gasteiger partial charge in [0.25, 0.3) is 5.56 Å². The van der Waals surface area contributed by atoms with Crippen LogP contribution in [0, 0.1) is 17.3 Å². The van der Waals surface area contributed by atoms with E-state index in [0.29, 0.717) is 11.2 Å². The molecule has 258 valence electrons. The average Bonchev–Trinajstić information content (AvgIpc) is 3.57. The van der Waals surface area contributed by atoms with Crippen molar-refractivity contribution < 1.29 is 42.7 Å². The smallest absolute Gasteiger partial charge is 0.388 e. The van der Waals surface area contributed by atoms with Crippen LogP contribution in [0.2, 0.25) is 0 Å². The summed E-state index contributed by atoms with van der Waals surface area (Å²) in [6, 6.07) is -0.805. The summed E-state index contributed by atoms with van der Waals surface area (Å²) < 4.78 is 40.0. The Hall–Kier alpha value is -2.94. The molecule has 8 rings (SSSR count). The van der Waals surface area contributed by atoms with E-state index < -0.39 is 79.5 Å². The molecule has 20 nitrogen and oxygen atoms in total. The molecule has 3 aliphatic carbocycles. The van der Waals surface area contributed by atoms with Crippen LogP contribution in [0.4, 0.5) is 11.8 Å². The van der Waals surface area contributed by atoms with Gasteiger partial charge in [-0.2, -0.15) is 4.98 Å². The van der Waals surface area contributed by atoms with Gasteiger partial charge in [0.1, 0.15) is 35.8 Å². The predicted octanol–water partition coefficient (Wildman–Crippen LogP) is -0.334. The van der Waals surface area contributed by atoms with Crippen LogP contribution in [0.5, 0.6) is 0 Å². The number of fused-ring (bicyclic) bond motifs is 4. The van der Waals surface area contributed by atoms with Gasteiger partial charge in [-0.05, 0) is 31.6 Å². The first-order valence-electron chi connectivity index (χ1n) is 14.9. The number of hydrogen-bond donors (Lipinski definition) is 7. The number of anilines is 2. The highest BCUT2D eigenvalue weighted by Gasteiger charge is 2.85. The molecule has 4 fully saturated rings. The lowest BCUT2D eigenvalue weighted by atomic mass is 9.92. The van der Waals surface area contributed by atoms with E-state index in [0.717, 1.165) is 0 Å². The molecule has 0 amide bonds. The van der Waals surface area contributed by atoms with Gasteiger partial charge in [-0.15, -0.1) is 0 Å². The highest BCUT2D eigenvalue weighted by atomic mass is 32.5. The first kappa shape index (κ1) is 32.3. The third kappa shape index (κ3) is 4.43. The SMILES string of the molecule is C[C@@]12COP(O)(=S)O[C@@H]3[C@@H](COP(=O)(O)O[C@]14[C@@H](O)[C@H](n1cnc5c(=O)[nH]c(N)nc51)C[C@@H]42)C[C@@](C)(n1cnc2c(N)ncnc21)[C@@H]3O. The number of nitrogen functional groups attached to an aromatic ring is 2. The Kier molecular flexibility index (Phi) is 6.93. The third-order valence-electron chi connectivity index (χ3n) is 10.7. The van der Waals surface area contributed by atoms with Crippen LogP contribution in [-0.4, -0.2) is 96.2 Å². The number of phosphoric ester groups is 1. The second-order valence-corrected chi connectivity index (χ2v) is 17.4. The number of imidazole rings is 2. The van der Waals surface area contributed by atoms with Crippen LogP contribution in [0.25, 0.3) is 22.3 Å². The van der Waals surface area contributed by atoms with Crippen molar-refractivity contribution in [2.75, 3.05) is 24.7 Å². The third-order valence-corrected chi connectivity index (χ3v) is 13.2. The standard InChI is InChI=1S/C25H32N10O10P2S/c1-23-6-43-47(41,48)44-15-10(4-24(2,17(15)37)35-9-31-13-18(26)28-7-29-19(13)35)5-42-46(39,40)45-25(23)12(23)3-11(16(25)36)34-8-30-14-20(34)32-22(27)33-21(14)38/h7-12,15-17,36-37H,3-6H2,1-2H3,(H,39,40)(H,41,48)(H2,26,28,29)(H3,27,32,33,38)/t10-,11-,12-,15-,16+,17-,23+,24-,25-,47?/m1/s1. The molecule has 4 aliphatic rings. The van der Waals surface area contributed by atoms with Crippen LogP contribution < -0.4 is 17.0 Å². The minimum atomic E-state index is -4.93. The lowest BCUT2D eigenvalue weighted by molar-refractivity contribution is -0.0600. The number of hydrogen-bond acceptors (Lipinski definition) is 16. The highest BCUT2D eigenvalue weighted by Crippen LogP contribution is 2.78. The zero-order chi connectivity index (χ0) is 34.2. The number of nitrogens with two attached hydrogens (primary N) is 2. The Morgan fingerprint density at radius 3 is 2.58 bits per heavy atom. The summed E-state index contributed by atoms with van der Waals surface area (Å²) in [5.41, 5.74) is 7.84. The Balaban J connectivity index is 1.12. The minimum absolute atomic E-state index is 0.00521. The minimum Gasteiger partial charge on any atom is -0.388 e. The largest absolute Gasteiger partial charge is 0.472 e. The maximum absolute atomic E-state index is 13.7. The molecule has 1 aliphatic heterocycles. The lowest BCUT2D eigenvalue weighted by Gasteiger charge is -2.35. The molecule has 11 atom stereocenters. The average molecular weight is 727 g/mol. The fraction of sp³-hybridized carbons (Fsp3) is 0.600. The molecule has 5 heterocycles. The number of nitrogens with one attached hydrogen (secondary N) is 1. The van der Waals surface area contributed by atoms with Gasteiger partial charge in [0.15, 0.2) is 22.6 Å². The summed E-state index contributed by atoms with van der Waals surface area (Å²) in [7, 11) is -4.93. The molecule has 4 aromatic heterocycles. The Labute approximate surface area is 275 Å². The first-order chi connectivity index (χ1) is 22.5. The van der Waals surface area contributed by atoms with Crippen molar-refractivity contribution >= 4 is 60.4 Å². The molecular weight excluding hydrogens is 694 g/mol. The second-order valence-electron chi connectivity index (χ2n) is 13.3. The zero-order valence-electron chi connectivity index (χ0n) is 25.4. The number of rotatable bonds is 2. The first-order valence-corrected chi connectivity index (χ1v) is 19.0. The molecule has 1 saturated heterocycles. The second kappa shape index (κ2) is 10.3. The quantitative estimate of drug-likeness (QED) is 0.130. The molecule has 23 heteroatoms. The van der Waals surface area contributed by atoms with Crippen LogP contribution >= 0.6 is 14.5 Å². The summed E-state index contributed by atoms with van der Waals surface area (Å²) in [5.74, 6) is -1.46. The summed E-state index contributed by atoms with van der Waals surface area (Å²) in [4.78, 5) is 58.0. The van der Waals surface area contributed by atoms with Gasteiger partial charge in [-0.3, -0.25) is 18.8 Å². The number of nitrogens with zero attached hydrogens (tertiary/aromatic N) is 7. The van der Waals surface area contributed by atoms with Crippen molar-refractivity contribution in [3.8, 4) is 0 Å². The van der Waals surface area contributed by atoms with Crippen LogP contribution in [0.15, 0.2) is 23.8 Å². The number of aromatic nitrogens is 8. The molecule has 4 aromatic rings. The van der Waals surface area contributed by atoms with Gasteiger partial charge in [0.2, 0.25) is 5.95 Å². The van der Waals surface area contributed by atoms with Gasteiger partial charge in [-0.1, -0.05) is 6.92 Å². The van der Waals surface area contributed by atoms with E-state index in [4.69, 9.17) is 41.4 Å². The van der Waals surface area contributed by atoms with Crippen LogP contribution in [0.3, 0.4) is 0 Å². The van der Waals surface area contributed by atoms with Gasteiger partial charge < -0.3 is 49.6 Å². The molecule has 0 aromatic carbocycles. The molecule has 48 heavy (non-hydrogen) atoms. The highest BCUT2D eigenvalue weighted by molar-refractivity contribution is 8.07. The zero-order valence-corrected chi connectivity index (χ0v) is 28.0. The molecule has 1 spiro atoms. The van der Waals surface area contributed by atoms with Crippen molar-refractivity contribution in [1.82, 2.24) is 39.0 Å². The molecule has 0 radical (unpaired) electrons.